The van der Waals surface area contributed by atoms with Crippen molar-refractivity contribution in [1.29, 1.82) is 0 Å². The van der Waals surface area contributed by atoms with E-state index in [1.165, 1.54) is 5.56 Å². The molecule has 1 aromatic rings. The minimum atomic E-state index is 0.123. The van der Waals surface area contributed by atoms with Crippen molar-refractivity contribution in [2.45, 2.75) is 32.4 Å². The molecular weight excluding hydrogens is 190 g/mol. The van der Waals surface area contributed by atoms with E-state index < -0.39 is 0 Å². The molecule has 1 aromatic heterocycles. The highest BCUT2D eigenvalue weighted by atomic mass is 16.5. The summed E-state index contributed by atoms with van der Waals surface area (Å²) >= 11 is 0. The lowest BCUT2D eigenvalue weighted by atomic mass is 10.1. The highest BCUT2D eigenvalue weighted by Crippen LogP contribution is 2.24. The fourth-order valence-electron chi connectivity index (χ4n) is 1.91. The second kappa shape index (κ2) is 4.33. The van der Waals surface area contributed by atoms with Crippen LogP contribution in [0.15, 0.2) is 6.20 Å². The van der Waals surface area contributed by atoms with Crippen molar-refractivity contribution >= 4 is 0 Å². The van der Waals surface area contributed by atoms with Gasteiger partial charge in [-0.05, 0) is 12.0 Å². The molecule has 1 atom stereocenters. The van der Waals surface area contributed by atoms with E-state index in [9.17, 15) is 0 Å². The van der Waals surface area contributed by atoms with Gasteiger partial charge in [0.1, 0.15) is 6.10 Å². The van der Waals surface area contributed by atoms with Crippen LogP contribution in [-0.2, 0) is 18.2 Å². The molecule has 4 nitrogen and oxygen atoms in total. The van der Waals surface area contributed by atoms with Crippen molar-refractivity contribution in [3.8, 4) is 0 Å². The summed E-state index contributed by atoms with van der Waals surface area (Å²) in [5.74, 6) is 0. The summed E-state index contributed by atoms with van der Waals surface area (Å²) in [6.45, 7) is 5.94. The van der Waals surface area contributed by atoms with Crippen LogP contribution in [0.25, 0.3) is 0 Å². The Morgan fingerprint density at radius 2 is 2.47 bits per heavy atom. The molecule has 0 saturated carbocycles. The van der Waals surface area contributed by atoms with E-state index in [0.29, 0.717) is 6.04 Å². The Bertz CT molecular complexity index is 333. The summed E-state index contributed by atoms with van der Waals surface area (Å²) in [6, 6.07) is 0.489. The summed E-state index contributed by atoms with van der Waals surface area (Å²) in [4.78, 5) is 0. The number of rotatable bonds is 3. The van der Waals surface area contributed by atoms with Crippen molar-refractivity contribution in [1.82, 2.24) is 15.1 Å². The molecular formula is C11H19N3O. The molecule has 0 unspecified atom stereocenters. The van der Waals surface area contributed by atoms with Gasteiger partial charge in [-0.2, -0.15) is 5.10 Å². The van der Waals surface area contributed by atoms with E-state index in [4.69, 9.17) is 4.74 Å². The fraction of sp³-hybridized carbons (Fsp3) is 0.727. The third kappa shape index (κ3) is 2.38. The topological polar surface area (TPSA) is 39.1 Å². The lowest BCUT2D eigenvalue weighted by Crippen LogP contribution is -2.31. The quantitative estimate of drug-likeness (QED) is 0.808. The number of aryl methyl sites for hydroxylation is 1. The Balaban J connectivity index is 2.08. The standard InChI is InChI=1S/C11H19N3O/c1-8(2)12-6-10-11-9(4-5-15-10)7-14(3)13-11/h7-8,10,12H,4-6H2,1-3H3/t10-/m1/s1. The third-order valence-electron chi connectivity index (χ3n) is 2.64. The second-order valence-electron chi connectivity index (χ2n) is 4.39. The molecule has 0 radical (unpaired) electrons. The SMILES string of the molecule is CC(C)NC[C@H]1OCCc2cn(C)nc21. The van der Waals surface area contributed by atoms with E-state index in [1.54, 1.807) is 0 Å². The molecule has 0 spiro atoms. The van der Waals surface area contributed by atoms with Gasteiger partial charge >= 0.3 is 0 Å². The Kier molecular flexibility index (Phi) is 3.07. The van der Waals surface area contributed by atoms with E-state index in [-0.39, 0.29) is 6.10 Å². The average Bonchev–Trinajstić information content (AvgIpc) is 2.55. The van der Waals surface area contributed by atoms with Crippen molar-refractivity contribution in [3.05, 3.63) is 17.5 Å². The van der Waals surface area contributed by atoms with Gasteiger partial charge in [-0.15, -0.1) is 0 Å². The molecule has 84 valence electrons. The highest BCUT2D eigenvalue weighted by Gasteiger charge is 2.23. The summed E-state index contributed by atoms with van der Waals surface area (Å²) < 4.78 is 7.61. The Morgan fingerprint density at radius 1 is 1.67 bits per heavy atom. The van der Waals surface area contributed by atoms with E-state index in [2.05, 4.69) is 30.5 Å². The maximum Gasteiger partial charge on any atom is 0.114 e. The molecule has 0 aromatic carbocycles. The number of hydrogen-bond donors (Lipinski definition) is 1. The van der Waals surface area contributed by atoms with Gasteiger partial charge in [0.05, 0.1) is 12.3 Å². The molecule has 0 fully saturated rings. The number of aromatic nitrogens is 2. The first-order valence-corrected chi connectivity index (χ1v) is 5.54. The molecule has 1 aliphatic rings. The van der Waals surface area contributed by atoms with Gasteiger partial charge in [-0.25, -0.2) is 0 Å². The molecule has 0 aliphatic carbocycles. The van der Waals surface area contributed by atoms with Crippen LogP contribution in [0.2, 0.25) is 0 Å². The molecule has 4 heteroatoms. The number of ether oxygens (including phenoxy) is 1. The van der Waals surface area contributed by atoms with Crippen LogP contribution in [0.4, 0.5) is 0 Å². The summed E-state index contributed by atoms with van der Waals surface area (Å²) in [5.41, 5.74) is 2.44. The Morgan fingerprint density at radius 3 is 3.20 bits per heavy atom. The minimum Gasteiger partial charge on any atom is -0.370 e. The molecule has 0 amide bonds. The smallest absolute Gasteiger partial charge is 0.114 e. The van der Waals surface area contributed by atoms with E-state index in [0.717, 1.165) is 25.3 Å². The van der Waals surface area contributed by atoms with Crippen LogP contribution >= 0.6 is 0 Å². The zero-order chi connectivity index (χ0) is 10.8. The normalized spacial score (nSPS) is 20.7. The third-order valence-corrected chi connectivity index (χ3v) is 2.64. The van der Waals surface area contributed by atoms with Gasteiger partial charge in [-0.1, -0.05) is 13.8 Å². The van der Waals surface area contributed by atoms with Crippen molar-refractivity contribution in [2.24, 2.45) is 7.05 Å². The Labute approximate surface area is 90.6 Å². The van der Waals surface area contributed by atoms with Crippen molar-refractivity contribution < 1.29 is 4.74 Å². The van der Waals surface area contributed by atoms with Crippen LogP contribution in [0.5, 0.6) is 0 Å². The molecule has 2 heterocycles. The van der Waals surface area contributed by atoms with Gasteiger partial charge in [-0.3, -0.25) is 4.68 Å². The zero-order valence-electron chi connectivity index (χ0n) is 9.66. The monoisotopic (exact) mass is 209 g/mol. The summed E-state index contributed by atoms with van der Waals surface area (Å²) in [6.07, 6.45) is 3.21. The van der Waals surface area contributed by atoms with Crippen LogP contribution < -0.4 is 5.32 Å². The summed E-state index contributed by atoms with van der Waals surface area (Å²) in [5, 5.41) is 7.85. The fourth-order valence-corrected chi connectivity index (χ4v) is 1.91. The van der Waals surface area contributed by atoms with Crippen LogP contribution in [-0.4, -0.2) is 29.0 Å². The maximum atomic E-state index is 5.73. The predicted molar refractivity (Wildman–Crippen MR) is 58.7 cm³/mol. The first kappa shape index (κ1) is 10.6. The number of nitrogens with one attached hydrogen (secondary N) is 1. The molecule has 0 saturated heterocycles. The Hall–Kier alpha value is -0.870. The molecule has 0 bridgehead atoms. The van der Waals surface area contributed by atoms with Gasteiger partial charge in [0, 0.05) is 25.8 Å². The lowest BCUT2D eigenvalue weighted by Gasteiger charge is -2.23. The highest BCUT2D eigenvalue weighted by molar-refractivity contribution is 5.22. The van der Waals surface area contributed by atoms with Crippen molar-refractivity contribution in [3.63, 3.8) is 0 Å². The maximum absolute atomic E-state index is 5.73. The number of nitrogens with zero attached hydrogens (tertiary/aromatic N) is 2. The van der Waals surface area contributed by atoms with Crippen molar-refractivity contribution in [2.75, 3.05) is 13.2 Å². The van der Waals surface area contributed by atoms with Gasteiger partial charge < -0.3 is 10.1 Å². The average molecular weight is 209 g/mol. The molecule has 15 heavy (non-hydrogen) atoms. The molecule has 1 N–H and O–H groups in total. The van der Waals surface area contributed by atoms with Crippen LogP contribution in [0, 0.1) is 0 Å². The second-order valence-corrected chi connectivity index (χ2v) is 4.39. The van der Waals surface area contributed by atoms with Gasteiger partial charge in [0.25, 0.3) is 0 Å². The van der Waals surface area contributed by atoms with Crippen LogP contribution in [0.1, 0.15) is 31.2 Å². The van der Waals surface area contributed by atoms with E-state index in [1.807, 2.05) is 11.7 Å². The molecule has 2 rings (SSSR count). The van der Waals surface area contributed by atoms with Crippen LogP contribution in [0.3, 0.4) is 0 Å². The first-order chi connectivity index (χ1) is 7.16. The first-order valence-electron chi connectivity index (χ1n) is 5.54. The predicted octanol–water partition coefficient (Wildman–Crippen LogP) is 1.03. The van der Waals surface area contributed by atoms with Gasteiger partial charge in [0.15, 0.2) is 0 Å². The zero-order valence-corrected chi connectivity index (χ0v) is 9.66. The van der Waals surface area contributed by atoms with E-state index >= 15 is 0 Å². The van der Waals surface area contributed by atoms with Gasteiger partial charge in [0.2, 0.25) is 0 Å². The number of hydrogen-bond acceptors (Lipinski definition) is 3. The largest absolute Gasteiger partial charge is 0.370 e. The number of fused-ring (bicyclic) bond motifs is 1. The minimum absolute atomic E-state index is 0.123. The molecule has 1 aliphatic heterocycles. The summed E-state index contributed by atoms with van der Waals surface area (Å²) in [7, 11) is 1.96. The lowest BCUT2D eigenvalue weighted by molar-refractivity contribution is 0.0383.